The Bertz CT molecular complexity index is 4520. The van der Waals surface area contributed by atoms with E-state index in [2.05, 4.69) is 91.1 Å². The van der Waals surface area contributed by atoms with Gasteiger partial charge in [-0.15, -0.1) is 0 Å². The van der Waals surface area contributed by atoms with E-state index in [1.165, 1.54) is 77.9 Å². The molecule has 0 saturated carbocycles. The number of benzene rings is 4. The van der Waals surface area contributed by atoms with Crippen molar-refractivity contribution >= 4 is 110 Å². The smallest absolute Gasteiger partial charge is 0.307 e. The molecule has 8 aliphatic carbocycles. The first-order valence-corrected chi connectivity index (χ1v) is 47.8. The molecule has 0 aromatic heterocycles. The van der Waals surface area contributed by atoms with Gasteiger partial charge in [0.1, 0.15) is 27.7 Å². The third-order valence-electron chi connectivity index (χ3n) is 24.9. The number of likely N-dealkylation sites (tertiary alicyclic amines) is 5. The highest BCUT2D eigenvalue weighted by atomic mass is 32.2. The third-order valence-corrected chi connectivity index (χ3v) is 33.3. The van der Waals surface area contributed by atoms with Crippen LogP contribution in [0.1, 0.15) is 140 Å². The predicted molar refractivity (Wildman–Crippen MR) is 424 cm³/mol. The Morgan fingerprint density at radius 2 is 0.630 bits per heavy atom. The maximum absolute atomic E-state index is 12.6. The quantitative estimate of drug-likeness (QED) is 0.0470. The van der Waals surface area contributed by atoms with Gasteiger partial charge in [0.15, 0.2) is 0 Å². The molecule has 32 heteroatoms. The lowest BCUT2D eigenvalue weighted by molar-refractivity contribution is 0.0163. The summed E-state index contributed by atoms with van der Waals surface area (Å²) in [7, 11) is -12.6. The van der Waals surface area contributed by atoms with Crippen LogP contribution >= 0.6 is 23.5 Å². The number of urea groups is 4. The fourth-order valence-electron chi connectivity index (χ4n) is 18.7. The molecule has 0 radical (unpaired) electrons. The van der Waals surface area contributed by atoms with Gasteiger partial charge in [-0.2, -0.15) is 23.5 Å². The van der Waals surface area contributed by atoms with Crippen LogP contribution in [0.3, 0.4) is 0 Å². The van der Waals surface area contributed by atoms with Crippen LogP contribution in [-0.2, 0) is 143 Å². The minimum absolute atomic E-state index is 0.237. The summed E-state index contributed by atoms with van der Waals surface area (Å²) in [6.45, 7) is 6.23. The number of carbonyl (C=O) groups is 4. The number of rotatable bonds is 19. The van der Waals surface area contributed by atoms with E-state index in [1.54, 1.807) is 16.7 Å². The average molecular weight is 1600 g/mol. The molecule has 6 fully saturated rings. The van der Waals surface area contributed by atoms with Crippen molar-refractivity contribution in [3.63, 3.8) is 0 Å². The molecular weight excluding hydrogens is 1500 g/mol. The summed E-state index contributed by atoms with van der Waals surface area (Å²) in [6.07, 6.45) is 26.7. The van der Waals surface area contributed by atoms with E-state index in [-0.39, 0.29) is 19.6 Å². The Balaban J connectivity index is 0.000000115. The van der Waals surface area contributed by atoms with Crippen molar-refractivity contribution in [3.05, 3.63) is 113 Å². The maximum atomic E-state index is 12.6. The summed E-state index contributed by atoms with van der Waals surface area (Å²) < 4.78 is 121. The number of fused-ring (bicyclic) bond motifs is 8. The Morgan fingerprint density at radius 3 is 0.861 bits per heavy atom. The lowest BCUT2D eigenvalue weighted by Gasteiger charge is -2.50. The summed E-state index contributed by atoms with van der Waals surface area (Å²) in [6, 6.07) is 7.59. The lowest BCUT2D eigenvalue weighted by atomic mass is 9.99. The molecule has 6 heterocycles. The van der Waals surface area contributed by atoms with Gasteiger partial charge in [-0.05, 0) is 256 Å². The van der Waals surface area contributed by atoms with Gasteiger partial charge in [-0.25, -0.2) is 76.1 Å². The summed E-state index contributed by atoms with van der Waals surface area (Å²) in [5.74, 6) is 3.17. The molecule has 0 bridgehead atoms. The summed E-state index contributed by atoms with van der Waals surface area (Å²) in [4.78, 5) is 60.5. The first-order chi connectivity index (χ1) is 51.9. The maximum Gasteiger partial charge on any atom is 0.332 e. The number of carbonyl (C=O) groups excluding carboxylic acids is 4. The third kappa shape index (κ3) is 16.7. The van der Waals surface area contributed by atoms with Crippen LogP contribution < -0.4 is 40.2 Å². The van der Waals surface area contributed by atoms with Crippen molar-refractivity contribution in [2.24, 2.45) is 0 Å². The second-order valence-electron chi connectivity index (χ2n) is 32.0. The van der Waals surface area contributed by atoms with Crippen LogP contribution in [0.5, 0.6) is 0 Å². The molecule has 0 spiro atoms. The van der Waals surface area contributed by atoms with Crippen molar-refractivity contribution in [2.75, 3.05) is 137 Å². The molecule has 25 nitrogen and oxygen atoms in total. The minimum Gasteiger partial charge on any atom is -0.307 e. The first-order valence-electron chi connectivity index (χ1n) is 39.1. The number of nitrogens with one attached hydrogen (secondary N) is 8. The van der Waals surface area contributed by atoms with E-state index >= 15 is 0 Å². The molecule has 588 valence electrons. The van der Waals surface area contributed by atoms with Crippen molar-refractivity contribution in [1.82, 2.24) is 43.4 Å². The van der Waals surface area contributed by atoms with E-state index in [0.29, 0.717) is 51.4 Å². The zero-order valence-corrected chi connectivity index (χ0v) is 66.9. The molecule has 108 heavy (non-hydrogen) atoms. The number of aryl methyl sites for hydroxylation is 8. The number of nitrogens with zero attached hydrogens (tertiary/aromatic N) is 5. The molecular formula is C76H104FN13O12S6. The standard InChI is InChI=1S/C20H28N4O3S.C19H25N3O3S2.C19H27N3O3S2.C18H24FN3O3S/c1-23-9-15(10-23)24-11-16(12-24)28(26,27)22-20(25)21-19-17-6-2-4-13(17)8-14-5-3-7-18(14)19;23-19(21-27(24,25)15-8-22(9-15)14-10-26-11-14)20-18-16-5-1-3-12(16)7-13-4-2-6-17(13)18;1-26-9-8-22-11-15(12-22)27(24,25)21-19(23)20-18-16-6-2-4-13(16)10-14-5-3-7-17(14)18;19-7-8-22-10-14(11-22)26(24,25)21-18(23)20-17-15-5-1-3-12(15)9-13-4-2-6-16(13)17/h8,15-16H,2-7,9-12H2,1H3,(H2,21,22,25);7,14-15H,1-6,8-11H2,(H2,20,21,23);10,15H,2-9,11-12H2,1H3,(H2,20,21,23);9,14H,1-8,10-11H2,(H2,20,21,23). The summed E-state index contributed by atoms with van der Waals surface area (Å²) in [5, 5.41) is 9.41. The summed E-state index contributed by atoms with van der Waals surface area (Å²) in [5.41, 5.74) is 23.5. The molecule has 8 amide bonds. The number of halogens is 1. The number of anilines is 4. The number of likely N-dealkylation sites (N-methyl/N-ethyl adjacent to an activating group) is 1. The molecule has 0 unspecified atom stereocenters. The van der Waals surface area contributed by atoms with Gasteiger partial charge in [-0.3, -0.25) is 19.6 Å². The molecule has 4 aromatic carbocycles. The second-order valence-corrected chi connectivity index (χ2v) is 41.9. The van der Waals surface area contributed by atoms with E-state index in [9.17, 15) is 57.2 Å². The fraction of sp³-hybridized carbons (Fsp3) is 0.632. The van der Waals surface area contributed by atoms with Crippen molar-refractivity contribution in [3.8, 4) is 0 Å². The number of sulfonamides is 4. The highest BCUT2D eigenvalue weighted by molar-refractivity contribution is 8.00. The number of thioether (sulfide) groups is 2. The minimum atomic E-state index is -3.75. The van der Waals surface area contributed by atoms with Gasteiger partial charge in [0.25, 0.3) is 0 Å². The van der Waals surface area contributed by atoms with E-state index in [1.807, 2.05) is 18.0 Å². The average Bonchev–Trinajstić information content (AvgIpc) is 1.27. The van der Waals surface area contributed by atoms with Crippen LogP contribution in [0.15, 0.2) is 24.3 Å². The van der Waals surface area contributed by atoms with Gasteiger partial charge in [0.05, 0.1) is 0 Å². The monoisotopic (exact) mass is 1600 g/mol. The van der Waals surface area contributed by atoms with E-state index < -0.39 is 91.9 Å². The number of hydrogen-bond acceptors (Lipinski definition) is 19. The van der Waals surface area contributed by atoms with Crippen molar-refractivity contribution < 1.29 is 57.2 Å². The van der Waals surface area contributed by atoms with Gasteiger partial charge >= 0.3 is 24.1 Å². The van der Waals surface area contributed by atoms with Gasteiger partial charge < -0.3 is 26.2 Å². The SMILES string of the molecule is CN1CC(N2CC(S(=O)(=O)NC(=O)Nc3c4c(cc5c3CCC5)CCC4)C2)C1.CSCCN1CC(S(=O)(=O)NC(=O)Nc2c3c(cc4c2CCC4)CCC3)C1.O=C(Nc1c2c(cc3c1CCC3)CCC2)NS(=O)(=O)C1CN(C2CSC2)C1.O=C(Nc1c2c(cc3c1CCC3)CCC2)NS(=O)(=O)C1CN(CCF)C1. The van der Waals surface area contributed by atoms with Crippen molar-refractivity contribution in [1.29, 1.82) is 0 Å². The van der Waals surface area contributed by atoms with E-state index in [4.69, 9.17) is 0 Å². The lowest BCUT2D eigenvalue weighted by Crippen LogP contribution is -2.68. The molecule has 4 aromatic rings. The highest BCUT2D eigenvalue weighted by Gasteiger charge is 2.46. The van der Waals surface area contributed by atoms with Crippen LogP contribution in [0.2, 0.25) is 0 Å². The van der Waals surface area contributed by atoms with Crippen LogP contribution in [0, 0.1) is 0 Å². The molecule has 14 aliphatic rings. The van der Waals surface area contributed by atoms with Gasteiger partial charge in [-0.1, -0.05) is 24.3 Å². The Morgan fingerprint density at radius 1 is 0.380 bits per heavy atom. The topological polar surface area (TPSA) is 317 Å². The number of hydrogen-bond donors (Lipinski definition) is 8. The van der Waals surface area contributed by atoms with Crippen molar-refractivity contribution in [2.45, 2.75) is 187 Å². The first kappa shape index (κ1) is 77.5. The molecule has 18 rings (SSSR count). The number of amides is 8. The van der Waals surface area contributed by atoms with E-state index in [0.717, 1.165) is 225 Å². The zero-order valence-electron chi connectivity index (χ0n) is 62.0. The molecule has 8 N–H and O–H groups in total. The normalized spacial score (nSPS) is 21.2. The largest absolute Gasteiger partial charge is 0.332 e. The molecule has 6 saturated heterocycles. The number of alkyl halides is 1. The summed E-state index contributed by atoms with van der Waals surface area (Å²) >= 11 is 3.64. The second kappa shape index (κ2) is 32.4. The van der Waals surface area contributed by atoms with Crippen LogP contribution in [0.25, 0.3) is 0 Å². The van der Waals surface area contributed by atoms with Crippen LogP contribution in [-0.4, -0.2) is 231 Å². The predicted octanol–water partition coefficient (Wildman–Crippen LogP) is 6.96. The van der Waals surface area contributed by atoms with Gasteiger partial charge in [0, 0.05) is 131 Å². The highest BCUT2D eigenvalue weighted by Crippen LogP contribution is 2.43. The Labute approximate surface area is 644 Å². The molecule has 6 aliphatic heterocycles. The Kier molecular flexibility index (Phi) is 23.2. The van der Waals surface area contributed by atoms with Crippen LogP contribution in [0.4, 0.5) is 46.3 Å². The molecule has 0 atom stereocenters. The fourth-order valence-corrected chi connectivity index (χ4v) is 25.1. The van der Waals surface area contributed by atoms with Gasteiger partial charge in [0.2, 0.25) is 40.1 Å². The Hall–Kier alpha value is -5.81. The zero-order chi connectivity index (χ0) is 75.4.